The summed E-state index contributed by atoms with van der Waals surface area (Å²) in [5, 5.41) is 0.350. The Labute approximate surface area is 137 Å². The van der Waals surface area contributed by atoms with E-state index in [1.807, 2.05) is 0 Å². The topological polar surface area (TPSA) is 55.8 Å². The highest BCUT2D eigenvalue weighted by atomic mass is 79.9. The number of ether oxygens (including phenoxy) is 2. The number of benzene rings is 1. The summed E-state index contributed by atoms with van der Waals surface area (Å²) in [5.41, 5.74) is 0.381. The first-order valence-corrected chi connectivity index (χ1v) is 7.47. The van der Waals surface area contributed by atoms with Gasteiger partial charge in [0.15, 0.2) is 0 Å². The van der Waals surface area contributed by atoms with Crippen molar-refractivity contribution in [1.29, 1.82) is 0 Å². The Kier molecular flexibility index (Phi) is 7.71. The number of esters is 1. The predicted molar refractivity (Wildman–Crippen MR) is 83.6 cm³/mol. The van der Waals surface area contributed by atoms with Crippen LogP contribution < -0.4 is 0 Å². The van der Waals surface area contributed by atoms with Gasteiger partial charge < -0.3 is 14.4 Å². The zero-order valence-electron chi connectivity index (χ0n) is 11.9. The fourth-order valence-electron chi connectivity index (χ4n) is 1.68. The summed E-state index contributed by atoms with van der Waals surface area (Å²) in [6.45, 7) is 0.991. The highest BCUT2D eigenvalue weighted by molar-refractivity contribution is 9.10. The maximum atomic E-state index is 12.5. The second-order valence-corrected chi connectivity index (χ2v) is 5.44. The van der Waals surface area contributed by atoms with Crippen LogP contribution in [0.25, 0.3) is 0 Å². The lowest BCUT2D eigenvalue weighted by Gasteiger charge is -2.22. The molecule has 0 spiro atoms. The highest BCUT2D eigenvalue weighted by Gasteiger charge is 2.20. The van der Waals surface area contributed by atoms with Crippen LogP contribution in [-0.4, -0.2) is 50.7 Å². The van der Waals surface area contributed by atoms with E-state index in [1.54, 1.807) is 25.3 Å². The van der Waals surface area contributed by atoms with Crippen molar-refractivity contribution in [1.82, 2.24) is 4.90 Å². The smallest absolute Gasteiger partial charge is 0.307 e. The normalized spacial score (nSPS) is 10.3. The van der Waals surface area contributed by atoms with Gasteiger partial charge in [-0.05, 0) is 28.1 Å². The predicted octanol–water partition coefficient (Wildman–Crippen LogP) is 2.75. The van der Waals surface area contributed by atoms with E-state index >= 15 is 0 Å². The molecule has 0 fully saturated rings. The fraction of sp³-hybridized carbons (Fsp3) is 0.429. The number of nitrogens with zero attached hydrogens (tertiary/aromatic N) is 1. The third-order valence-corrected chi connectivity index (χ3v) is 4.14. The van der Waals surface area contributed by atoms with Crippen molar-refractivity contribution in [2.45, 2.75) is 6.42 Å². The molecular weight excluding hydrogens is 362 g/mol. The Morgan fingerprint density at radius 1 is 1.29 bits per heavy atom. The molecule has 0 bridgehead atoms. The number of carbonyl (C=O) groups is 2. The molecule has 0 atom stereocenters. The second-order valence-electron chi connectivity index (χ2n) is 4.21. The summed E-state index contributed by atoms with van der Waals surface area (Å²) in [5.74, 6) is -0.618. The first kappa shape index (κ1) is 17.9. The lowest BCUT2D eigenvalue weighted by molar-refractivity contribution is -0.140. The molecule has 1 aromatic carbocycles. The molecule has 1 aromatic rings. The summed E-state index contributed by atoms with van der Waals surface area (Å²) in [4.78, 5) is 25.3. The van der Waals surface area contributed by atoms with Crippen molar-refractivity contribution < 1.29 is 19.1 Å². The van der Waals surface area contributed by atoms with Crippen LogP contribution in [0.15, 0.2) is 22.7 Å². The molecule has 0 aliphatic heterocycles. The van der Waals surface area contributed by atoms with Gasteiger partial charge in [0.2, 0.25) is 0 Å². The van der Waals surface area contributed by atoms with Crippen molar-refractivity contribution in [3.63, 3.8) is 0 Å². The molecule has 116 valence electrons. The average Bonchev–Trinajstić information content (AvgIpc) is 2.49. The molecule has 1 amide bonds. The van der Waals surface area contributed by atoms with E-state index in [2.05, 4.69) is 20.7 Å². The number of methoxy groups -OCH3 is 2. The molecule has 0 unspecified atom stereocenters. The van der Waals surface area contributed by atoms with E-state index in [1.165, 1.54) is 12.0 Å². The van der Waals surface area contributed by atoms with Crippen LogP contribution in [0.1, 0.15) is 16.8 Å². The van der Waals surface area contributed by atoms with Crippen LogP contribution in [0.4, 0.5) is 0 Å². The minimum absolute atomic E-state index is 0.123. The van der Waals surface area contributed by atoms with Crippen molar-refractivity contribution in [3.8, 4) is 0 Å². The molecule has 0 radical (unpaired) electrons. The van der Waals surface area contributed by atoms with Crippen LogP contribution in [0.5, 0.6) is 0 Å². The standard InChI is InChI=1S/C14H17BrClNO4/c1-20-9-8-17(7-6-12(18)21-2)14(19)10-4-3-5-11(15)13(10)16/h3-5H,6-9H2,1-2H3. The van der Waals surface area contributed by atoms with Gasteiger partial charge in [-0.1, -0.05) is 17.7 Å². The zero-order valence-corrected chi connectivity index (χ0v) is 14.2. The number of carbonyl (C=O) groups excluding carboxylic acids is 2. The van der Waals surface area contributed by atoms with Crippen LogP contribution >= 0.6 is 27.5 Å². The Morgan fingerprint density at radius 2 is 2.00 bits per heavy atom. The SMILES string of the molecule is COCCN(CCC(=O)OC)C(=O)c1cccc(Br)c1Cl. The van der Waals surface area contributed by atoms with Gasteiger partial charge in [0, 0.05) is 24.7 Å². The Balaban J connectivity index is 2.88. The van der Waals surface area contributed by atoms with E-state index in [4.69, 9.17) is 16.3 Å². The summed E-state index contributed by atoms with van der Waals surface area (Å²) >= 11 is 9.43. The Bertz CT molecular complexity index is 510. The number of rotatable bonds is 7. The van der Waals surface area contributed by atoms with Crippen LogP contribution in [0.2, 0.25) is 5.02 Å². The van der Waals surface area contributed by atoms with Crippen molar-refractivity contribution in [2.75, 3.05) is 33.9 Å². The number of halogens is 2. The number of hydrogen-bond donors (Lipinski definition) is 0. The molecule has 7 heteroatoms. The van der Waals surface area contributed by atoms with Gasteiger partial charge in [-0.3, -0.25) is 9.59 Å². The van der Waals surface area contributed by atoms with Crippen molar-refractivity contribution in [3.05, 3.63) is 33.3 Å². The maximum absolute atomic E-state index is 12.5. The molecular formula is C14H17BrClNO4. The van der Waals surface area contributed by atoms with Gasteiger partial charge >= 0.3 is 5.97 Å². The maximum Gasteiger partial charge on any atom is 0.307 e. The van der Waals surface area contributed by atoms with Crippen molar-refractivity contribution in [2.24, 2.45) is 0 Å². The van der Waals surface area contributed by atoms with Crippen molar-refractivity contribution >= 4 is 39.4 Å². The Hall–Kier alpha value is -1.11. The molecule has 21 heavy (non-hydrogen) atoms. The molecule has 0 aliphatic rings. The molecule has 0 saturated carbocycles. The molecule has 0 N–H and O–H groups in total. The molecule has 5 nitrogen and oxygen atoms in total. The fourth-order valence-corrected chi connectivity index (χ4v) is 2.26. The van der Waals surface area contributed by atoms with Gasteiger partial charge in [-0.2, -0.15) is 0 Å². The first-order chi connectivity index (χ1) is 10.0. The largest absolute Gasteiger partial charge is 0.469 e. The van der Waals surface area contributed by atoms with Gasteiger partial charge in [0.05, 0.1) is 30.7 Å². The third kappa shape index (κ3) is 5.30. The summed E-state index contributed by atoms with van der Waals surface area (Å²) in [6, 6.07) is 5.14. The highest BCUT2D eigenvalue weighted by Crippen LogP contribution is 2.27. The summed E-state index contributed by atoms with van der Waals surface area (Å²) in [6.07, 6.45) is 0.123. The number of amides is 1. The molecule has 0 saturated heterocycles. The van der Waals surface area contributed by atoms with Gasteiger partial charge in [-0.25, -0.2) is 0 Å². The lowest BCUT2D eigenvalue weighted by atomic mass is 10.2. The molecule has 1 rings (SSSR count). The molecule has 0 aliphatic carbocycles. The van der Waals surface area contributed by atoms with E-state index in [0.717, 1.165) is 0 Å². The van der Waals surface area contributed by atoms with Crippen LogP contribution in [0.3, 0.4) is 0 Å². The quantitative estimate of drug-likeness (QED) is 0.685. The van der Waals surface area contributed by atoms with E-state index in [0.29, 0.717) is 28.2 Å². The minimum atomic E-state index is -0.370. The third-order valence-electron chi connectivity index (χ3n) is 2.85. The molecule has 0 aromatic heterocycles. The van der Waals surface area contributed by atoms with Gasteiger partial charge in [0.25, 0.3) is 5.91 Å². The lowest BCUT2D eigenvalue weighted by Crippen LogP contribution is -2.36. The molecule has 0 heterocycles. The first-order valence-electron chi connectivity index (χ1n) is 6.30. The van der Waals surface area contributed by atoms with Gasteiger partial charge in [-0.15, -0.1) is 0 Å². The average molecular weight is 379 g/mol. The van der Waals surface area contributed by atoms with E-state index in [-0.39, 0.29) is 24.8 Å². The Morgan fingerprint density at radius 3 is 2.62 bits per heavy atom. The minimum Gasteiger partial charge on any atom is -0.469 e. The van der Waals surface area contributed by atoms with E-state index < -0.39 is 0 Å². The second kappa shape index (κ2) is 9.02. The zero-order chi connectivity index (χ0) is 15.8. The van der Waals surface area contributed by atoms with Gasteiger partial charge in [0.1, 0.15) is 0 Å². The summed E-state index contributed by atoms with van der Waals surface area (Å²) < 4.78 is 10.2. The van der Waals surface area contributed by atoms with Crippen LogP contribution in [-0.2, 0) is 14.3 Å². The van der Waals surface area contributed by atoms with E-state index in [9.17, 15) is 9.59 Å². The number of hydrogen-bond acceptors (Lipinski definition) is 4. The van der Waals surface area contributed by atoms with Crippen LogP contribution in [0, 0.1) is 0 Å². The monoisotopic (exact) mass is 377 g/mol. The summed E-state index contributed by atoms with van der Waals surface area (Å²) in [7, 11) is 2.86.